The van der Waals surface area contributed by atoms with E-state index in [0.717, 1.165) is 43.3 Å². The Kier molecular flexibility index (Phi) is 4.39. The van der Waals surface area contributed by atoms with Crippen molar-refractivity contribution in [3.8, 4) is 0 Å². The largest absolute Gasteiger partial charge is 0.393 e. The molecule has 1 heterocycles. The molecule has 0 bridgehead atoms. The molecule has 1 aromatic rings. The lowest BCUT2D eigenvalue weighted by Crippen LogP contribution is -2.26. The van der Waals surface area contributed by atoms with Gasteiger partial charge in [0.05, 0.1) is 6.10 Å². The van der Waals surface area contributed by atoms with E-state index in [-0.39, 0.29) is 6.10 Å². The zero-order valence-corrected chi connectivity index (χ0v) is 12.4. The number of hydrogen-bond acceptors (Lipinski definition) is 4. The molecule has 0 radical (unpaired) electrons. The first kappa shape index (κ1) is 14.1. The molecule has 0 aliphatic heterocycles. The summed E-state index contributed by atoms with van der Waals surface area (Å²) in [4.78, 5) is 4.61. The fourth-order valence-corrected chi connectivity index (χ4v) is 3.84. The second-order valence-corrected chi connectivity index (χ2v) is 6.83. The number of aliphatic hydroxyl groups is 1. The minimum Gasteiger partial charge on any atom is -0.393 e. The standard InChI is InChI=1S/C16H26N2O2/c1-11-5-4-7-13(9-11)16-17-15(20-18-16)10-12-6-2-3-8-14(12)19/h11-14,19H,2-10H2,1H3. The molecule has 2 aliphatic carbocycles. The van der Waals surface area contributed by atoms with Gasteiger partial charge in [-0.05, 0) is 37.5 Å². The molecule has 2 aliphatic rings. The Balaban J connectivity index is 1.61. The van der Waals surface area contributed by atoms with Crippen LogP contribution >= 0.6 is 0 Å². The maximum Gasteiger partial charge on any atom is 0.227 e. The molecule has 0 amide bonds. The smallest absolute Gasteiger partial charge is 0.227 e. The van der Waals surface area contributed by atoms with E-state index in [2.05, 4.69) is 17.1 Å². The van der Waals surface area contributed by atoms with Crippen LogP contribution in [0.15, 0.2) is 4.52 Å². The van der Waals surface area contributed by atoms with Gasteiger partial charge in [-0.2, -0.15) is 4.98 Å². The maximum atomic E-state index is 10.0. The first-order chi connectivity index (χ1) is 9.72. The van der Waals surface area contributed by atoms with E-state index in [1.807, 2.05) is 0 Å². The molecule has 4 heteroatoms. The molecule has 0 saturated heterocycles. The van der Waals surface area contributed by atoms with Crippen LogP contribution in [0.25, 0.3) is 0 Å². The van der Waals surface area contributed by atoms with E-state index in [1.54, 1.807) is 0 Å². The number of aromatic nitrogens is 2. The van der Waals surface area contributed by atoms with Crippen molar-refractivity contribution < 1.29 is 9.63 Å². The Bertz CT molecular complexity index is 432. The van der Waals surface area contributed by atoms with Crippen molar-refractivity contribution in [3.05, 3.63) is 11.7 Å². The van der Waals surface area contributed by atoms with Gasteiger partial charge in [0.1, 0.15) is 0 Å². The van der Waals surface area contributed by atoms with Crippen LogP contribution in [0.5, 0.6) is 0 Å². The average molecular weight is 278 g/mol. The van der Waals surface area contributed by atoms with Crippen molar-refractivity contribution in [2.75, 3.05) is 0 Å². The zero-order chi connectivity index (χ0) is 13.9. The molecule has 2 fully saturated rings. The lowest BCUT2D eigenvalue weighted by molar-refractivity contribution is 0.0657. The first-order valence-electron chi connectivity index (χ1n) is 8.23. The predicted octanol–water partition coefficient (Wildman–Crippen LogP) is 3.46. The third-order valence-corrected chi connectivity index (χ3v) is 5.09. The minimum atomic E-state index is -0.186. The predicted molar refractivity (Wildman–Crippen MR) is 76.3 cm³/mol. The SMILES string of the molecule is CC1CCCC(c2noc(CC3CCCCC3O)n2)C1. The highest BCUT2D eigenvalue weighted by atomic mass is 16.5. The number of nitrogens with zero attached hydrogens (tertiary/aromatic N) is 2. The summed E-state index contributed by atoms with van der Waals surface area (Å²) in [6.45, 7) is 2.31. The van der Waals surface area contributed by atoms with Crippen molar-refractivity contribution >= 4 is 0 Å². The van der Waals surface area contributed by atoms with Gasteiger partial charge in [-0.15, -0.1) is 0 Å². The normalized spacial score (nSPS) is 35.1. The van der Waals surface area contributed by atoms with Crippen LogP contribution in [0.2, 0.25) is 0 Å². The molecule has 3 rings (SSSR count). The van der Waals surface area contributed by atoms with Crippen LogP contribution in [0, 0.1) is 11.8 Å². The number of rotatable bonds is 3. The van der Waals surface area contributed by atoms with E-state index >= 15 is 0 Å². The molecule has 0 aromatic carbocycles. The molecule has 20 heavy (non-hydrogen) atoms. The van der Waals surface area contributed by atoms with E-state index in [4.69, 9.17) is 4.52 Å². The fraction of sp³-hybridized carbons (Fsp3) is 0.875. The van der Waals surface area contributed by atoms with E-state index < -0.39 is 0 Å². The van der Waals surface area contributed by atoms with Crippen molar-refractivity contribution in [2.24, 2.45) is 11.8 Å². The summed E-state index contributed by atoms with van der Waals surface area (Å²) in [6, 6.07) is 0. The van der Waals surface area contributed by atoms with Crippen molar-refractivity contribution in [2.45, 2.75) is 76.7 Å². The highest BCUT2D eigenvalue weighted by molar-refractivity contribution is 4.99. The van der Waals surface area contributed by atoms with E-state index in [1.165, 1.54) is 32.1 Å². The maximum absolute atomic E-state index is 10.0. The average Bonchev–Trinajstić information content (AvgIpc) is 2.90. The van der Waals surface area contributed by atoms with Gasteiger partial charge >= 0.3 is 0 Å². The second kappa shape index (κ2) is 6.25. The second-order valence-electron chi connectivity index (χ2n) is 6.83. The minimum absolute atomic E-state index is 0.186. The monoisotopic (exact) mass is 278 g/mol. The molecular weight excluding hydrogens is 252 g/mol. The van der Waals surface area contributed by atoms with E-state index in [0.29, 0.717) is 11.8 Å². The summed E-state index contributed by atoms with van der Waals surface area (Å²) >= 11 is 0. The zero-order valence-electron chi connectivity index (χ0n) is 12.4. The summed E-state index contributed by atoms with van der Waals surface area (Å²) in [5.41, 5.74) is 0. The molecule has 1 aromatic heterocycles. The lowest BCUT2D eigenvalue weighted by Gasteiger charge is -2.26. The Labute approximate surface area is 121 Å². The Hall–Kier alpha value is -0.900. The van der Waals surface area contributed by atoms with Gasteiger partial charge in [0.25, 0.3) is 0 Å². The molecule has 2 saturated carbocycles. The molecule has 0 spiro atoms. The van der Waals surface area contributed by atoms with Crippen molar-refractivity contribution in [1.29, 1.82) is 0 Å². The summed E-state index contributed by atoms with van der Waals surface area (Å²) in [5.74, 6) is 3.19. The van der Waals surface area contributed by atoms with Crippen LogP contribution < -0.4 is 0 Å². The van der Waals surface area contributed by atoms with Crippen molar-refractivity contribution in [1.82, 2.24) is 10.1 Å². The van der Waals surface area contributed by atoms with Crippen LogP contribution in [-0.2, 0) is 6.42 Å². The van der Waals surface area contributed by atoms with Gasteiger partial charge in [0.15, 0.2) is 5.82 Å². The van der Waals surface area contributed by atoms with Gasteiger partial charge in [-0.1, -0.05) is 37.8 Å². The Morgan fingerprint density at radius 1 is 1.15 bits per heavy atom. The van der Waals surface area contributed by atoms with Gasteiger partial charge in [-0.25, -0.2) is 0 Å². The number of aliphatic hydroxyl groups excluding tert-OH is 1. The molecular formula is C16H26N2O2. The summed E-state index contributed by atoms with van der Waals surface area (Å²) in [6.07, 6.45) is 9.90. The molecule has 112 valence electrons. The highest BCUT2D eigenvalue weighted by Gasteiger charge is 2.28. The van der Waals surface area contributed by atoms with Gasteiger partial charge < -0.3 is 9.63 Å². The molecule has 4 unspecified atom stereocenters. The summed E-state index contributed by atoms with van der Waals surface area (Å²) in [7, 11) is 0. The number of hydrogen-bond donors (Lipinski definition) is 1. The van der Waals surface area contributed by atoms with Gasteiger partial charge in [0, 0.05) is 12.3 Å². The topological polar surface area (TPSA) is 59.2 Å². The summed E-state index contributed by atoms with van der Waals surface area (Å²) < 4.78 is 5.43. The molecule has 1 N–H and O–H groups in total. The molecule has 4 atom stereocenters. The highest BCUT2D eigenvalue weighted by Crippen LogP contribution is 2.35. The van der Waals surface area contributed by atoms with Crippen LogP contribution in [0.4, 0.5) is 0 Å². The lowest BCUT2D eigenvalue weighted by atomic mass is 9.82. The van der Waals surface area contributed by atoms with Crippen molar-refractivity contribution in [3.63, 3.8) is 0 Å². The van der Waals surface area contributed by atoms with Gasteiger partial charge in [-0.3, -0.25) is 0 Å². The molecule has 4 nitrogen and oxygen atoms in total. The van der Waals surface area contributed by atoms with E-state index in [9.17, 15) is 5.11 Å². The van der Waals surface area contributed by atoms with Crippen LogP contribution in [0.1, 0.15) is 75.9 Å². The van der Waals surface area contributed by atoms with Gasteiger partial charge in [0.2, 0.25) is 5.89 Å². The first-order valence-corrected chi connectivity index (χ1v) is 8.23. The Morgan fingerprint density at radius 3 is 2.80 bits per heavy atom. The third kappa shape index (κ3) is 3.22. The Morgan fingerprint density at radius 2 is 2.00 bits per heavy atom. The third-order valence-electron chi connectivity index (χ3n) is 5.09. The van der Waals surface area contributed by atoms with Crippen LogP contribution in [-0.4, -0.2) is 21.4 Å². The fourth-order valence-electron chi connectivity index (χ4n) is 3.84. The quantitative estimate of drug-likeness (QED) is 0.920. The summed E-state index contributed by atoms with van der Waals surface area (Å²) in [5, 5.41) is 14.2. The van der Waals surface area contributed by atoms with Crippen LogP contribution in [0.3, 0.4) is 0 Å².